The Balaban J connectivity index is 3.10. The third kappa shape index (κ3) is 2.51. The molecule has 1 rings (SSSR count). The molecular formula is C12H15FO3. The molecule has 0 saturated carbocycles. The van der Waals surface area contributed by atoms with Crippen molar-refractivity contribution in [3.63, 3.8) is 0 Å². The summed E-state index contributed by atoms with van der Waals surface area (Å²) in [4.78, 5) is 10.7. The molecule has 0 aliphatic heterocycles. The van der Waals surface area contributed by atoms with Crippen LogP contribution >= 0.6 is 0 Å². The van der Waals surface area contributed by atoms with Crippen molar-refractivity contribution in [2.24, 2.45) is 5.92 Å². The first-order valence-electron chi connectivity index (χ1n) is 5.02. The van der Waals surface area contributed by atoms with Crippen molar-refractivity contribution in [3.05, 3.63) is 29.1 Å². The lowest BCUT2D eigenvalue weighted by Gasteiger charge is -2.13. The summed E-state index contributed by atoms with van der Waals surface area (Å²) in [6.45, 7) is 3.19. The zero-order valence-electron chi connectivity index (χ0n) is 9.58. The summed E-state index contributed by atoms with van der Waals surface area (Å²) >= 11 is 0. The zero-order valence-corrected chi connectivity index (χ0v) is 9.58. The molecule has 88 valence electrons. The second kappa shape index (κ2) is 4.96. The second-order valence-electron chi connectivity index (χ2n) is 3.82. The van der Waals surface area contributed by atoms with Gasteiger partial charge in [0.2, 0.25) is 0 Å². The van der Waals surface area contributed by atoms with Crippen LogP contribution in [0.25, 0.3) is 0 Å². The number of hydrogen-bond donors (Lipinski definition) is 1. The zero-order chi connectivity index (χ0) is 12.3. The number of aliphatic carboxylic acids is 1. The Bertz CT molecular complexity index is 401. The molecule has 1 unspecified atom stereocenters. The average molecular weight is 226 g/mol. The van der Waals surface area contributed by atoms with Crippen LogP contribution < -0.4 is 4.74 Å². The van der Waals surface area contributed by atoms with Crippen molar-refractivity contribution in [2.75, 3.05) is 7.11 Å². The van der Waals surface area contributed by atoms with Gasteiger partial charge in [-0.25, -0.2) is 4.39 Å². The van der Waals surface area contributed by atoms with Gasteiger partial charge in [-0.05, 0) is 25.0 Å². The number of hydrogen-bond acceptors (Lipinski definition) is 2. The van der Waals surface area contributed by atoms with E-state index in [0.717, 1.165) is 0 Å². The highest BCUT2D eigenvalue weighted by Gasteiger charge is 2.18. The summed E-state index contributed by atoms with van der Waals surface area (Å²) in [5.41, 5.74) is 0.825. The molecule has 0 bridgehead atoms. The van der Waals surface area contributed by atoms with E-state index in [-0.39, 0.29) is 12.2 Å². The fourth-order valence-corrected chi connectivity index (χ4v) is 1.50. The number of benzene rings is 1. The minimum Gasteiger partial charge on any atom is -0.496 e. The van der Waals surface area contributed by atoms with E-state index in [1.54, 1.807) is 26.0 Å². The number of rotatable bonds is 4. The van der Waals surface area contributed by atoms with Gasteiger partial charge in [0.05, 0.1) is 13.0 Å². The van der Waals surface area contributed by atoms with Gasteiger partial charge in [-0.1, -0.05) is 13.0 Å². The van der Waals surface area contributed by atoms with Crippen LogP contribution in [0.1, 0.15) is 18.1 Å². The summed E-state index contributed by atoms with van der Waals surface area (Å²) < 4.78 is 18.8. The lowest BCUT2D eigenvalue weighted by Crippen LogP contribution is -2.14. The van der Waals surface area contributed by atoms with Gasteiger partial charge in [0.25, 0.3) is 0 Å². The van der Waals surface area contributed by atoms with E-state index in [1.807, 2.05) is 0 Å². The fraction of sp³-hybridized carbons (Fsp3) is 0.417. The van der Waals surface area contributed by atoms with Crippen LogP contribution in [0.3, 0.4) is 0 Å². The Morgan fingerprint density at radius 1 is 1.56 bits per heavy atom. The molecule has 16 heavy (non-hydrogen) atoms. The predicted octanol–water partition coefficient (Wildman–Crippen LogP) is 2.41. The molecule has 0 fully saturated rings. The van der Waals surface area contributed by atoms with Crippen LogP contribution in [-0.4, -0.2) is 18.2 Å². The average Bonchev–Trinajstić information content (AvgIpc) is 2.25. The highest BCUT2D eigenvalue weighted by molar-refractivity contribution is 5.70. The maximum absolute atomic E-state index is 13.8. The minimum absolute atomic E-state index is 0.131. The smallest absolute Gasteiger partial charge is 0.306 e. The van der Waals surface area contributed by atoms with E-state index in [9.17, 15) is 9.18 Å². The van der Waals surface area contributed by atoms with Crippen molar-refractivity contribution in [3.8, 4) is 5.75 Å². The lowest BCUT2D eigenvalue weighted by atomic mass is 9.98. The molecule has 0 radical (unpaired) electrons. The summed E-state index contributed by atoms with van der Waals surface area (Å²) in [7, 11) is 1.44. The van der Waals surface area contributed by atoms with Gasteiger partial charge in [0.15, 0.2) is 0 Å². The molecule has 0 spiro atoms. The summed E-state index contributed by atoms with van der Waals surface area (Å²) in [5.74, 6) is -1.56. The van der Waals surface area contributed by atoms with Gasteiger partial charge in [-0.3, -0.25) is 4.79 Å². The molecule has 1 aromatic rings. The summed E-state index contributed by atoms with van der Waals surface area (Å²) in [5, 5.41) is 8.80. The number of aryl methyl sites for hydroxylation is 1. The quantitative estimate of drug-likeness (QED) is 0.857. The van der Waals surface area contributed by atoms with E-state index >= 15 is 0 Å². The van der Waals surface area contributed by atoms with Crippen molar-refractivity contribution in [2.45, 2.75) is 20.3 Å². The summed E-state index contributed by atoms with van der Waals surface area (Å²) in [6, 6.07) is 3.27. The lowest BCUT2D eigenvalue weighted by molar-refractivity contribution is -0.141. The Kier molecular flexibility index (Phi) is 3.88. The maximum Gasteiger partial charge on any atom is 0.306 e. The molecule has 1 N–H and O–H groups in total. The highest BCUT2D eigenvalue weighted by Crippen LogP contribution is 2.26. The number of ether oxygens (including phenoxy) is 1. The second-order valence-corrected chi connectivity index (χ2v) is 3.82. The SMILES string of the molecule is COc1ccc(C)c(F)c1CC(C)C(=O)O. The summed E-state index contributed by atoms with van der Waals surface area (Å²) in [6.07, 6.45) is 0.131. The van der Waals surface area contributed by atoms with E-state index in [2.05, 4.69) is 0 Å². The molecule has 0 amide bonds. The van der Waals surface area contributed by atoms with Gasteiger partial charge < -0.3 is 9.84 Å². The van der Waals surface area contributed by atoms with Gasteiger partial charge in [-0.2, -0.15) is 0 Å². The van der Waals surface area contributed by atoms with Crippen LogP contribution in [-0.2, 0) is 11.2 Å². The van der Waals surface area contributed by atoms with Gasteiger partial charge in [0, 0.05) is 5.56 Å². The molecule has 1 atom stereocenters. The normalized spacial score (nSPS) is 12.2. The van der Waals surface area contributed by atoms with Crippen LogP contribution in [0.2, 0.25) is 0 Å². The third-order valence-electron chi connectivity index (χ3n) is 2.55. The van der Waals surface area contributed by atoms with Crippen molar-refractivity contribution < 1.29 is 19.0 Å². The number of methoxy groups -OCH3 is 1. The topological polar surface area (TPSA) is 46.5 Å². The van der Waals surface area contributed by atoms with E-state index in [4.69, 9.17) is 9.84 Å². The minimum atomic E-state index is -0.942. The first kappa shape index (κ1) is 12.5. The van der Waals surface area contributed by atoms with Gasteiger partial charge in [0.1, 0.15) is 11.6 Å². The van der Waals surface area contributed by atoms with E-state index in [1.165, 1.54) is 7.11 Å². The molecule has 0 aliphatic rings. The van der Waals surface area contributed by atoms with Crippen LogP contribution in [0, 0.1) is 18.7 Å². The van der Waals surface area contributed by atoms with Crippen LogP contribution in [0.4, 0.5) is 4.39 Å². The van der Waals surface area contributed by atoms with Crippen LogP contribution in [0.5, 0.6) is 5.75 Å². The Hall–Kier alpha value is -1.58. The molecule has 4 heteroatoms. The van der Waals surface area contributed by atoms with Gasteiger partial charge >= 0.3 is 5.97 Å². The number of halogens is 1. The maximum atomic E-state index is 13.8. The first-order valence-corrected chi connectivity index (χ1v) is 5.02. The molecule has 0 aliphatic carbocycles. The molecule has 0 heterocycles. The predicted molar refractivity (Wildman–Crippen MR) is 58.2 cm³/mol. The number of carbonyl (C=O) groups is 1. The van der Waals surface area contributed by atoms with E-state index < -0.39 is 11.9 Å². The molecule has 0 aromatic heterocycles. The van der Waals surface area contributed by atoms with Crippen molar-refractivity contribution >= 4 is 5.97 Å². The standard InChI is InChI=1S/C12H15FO3/c1-7-4-5-10(16-3)9(11(7)13)6-8(2)12(14)15/h4-5,8H,6H2,1-3H3,(H,14,15). The van der Waals surface area contributed by atoms with E-state index in [0.29, 0.717) is 16.9 Å². The Morgan fingerprint density at radius 2 is 2.19 bits per heavy atom. The van der Waals surface area contributed by atoms with Crippen LogP contribution in [0.15, 0.2) is 12.1 Å². The third-order valence-corrected chi connectivity index (χ3v) is 2.55. The highest BCUT2D eigenvalue weighted by atomic mass is 19.1. The molecule has 3 nitrogen and oxygen atoms in total. The molecule has 0 saturated heterocycles. The monoisotopic (exact) mass is 226 g/mol. The Morgan fingerprint density at radius 3 is 2.69 bits per heavy atom. The fourth-order valence-electron chi connectivity index (χ4n) is 1.50. The largest absolute Gasteiger partial charge is 0.496 e. The van der Waals surface area contributed by atoms with Crippen molar-refractivity contribution in [1.29, 1.82) is 0 Å². The molecule has 1 aromatic carbocycles. The molecular weight excluding hydrogens is 211 g/mol. The Labute approximate surface area is 93.9 Å². The van der Waals surface area contributed by atoms with Gasteiger partial charge in [-0.15, -0.1) is 0 Å². The van der Waals surface area contributed by atoms with Crippen molar-refractivity contribution in [1.82, 2.24) is 0 Å². The first-order chi connectivity index (χ1) is 7.47. The number of carboxylic acid groups (broad SMARTS) is 1. The number of carboxylic acids is 1.